The fourth-order valence-electron chi connectivity index (χ4n) is 2.23. The Morgan fingerprint density at radius 2 is 2.15 bits per heavy atom. The zero-order valence-corrected chi connectivity index (χ0v) is 17.4. The van der Waals surface area contributed by atoms with E-state index in [9.17, 15) is 5.26 Å². The van der Waals surface area contributed by atoms with Crippen molar-refractivity contribution in [3.63, 3.8) is 0 Å². The van der Waals surface area contributed by atoms with Crippen LogP contribution in [0.2, 0.25) is 0 Å². The molecule has 0 aromatic heterocycles. The average molecular weight is 447 g/mol. The Bertz CT molecular complexity index is 880. The van der Waals surface area contributed by atoms with Crippen LogP contribution in [0.15, 0.2) is 46.0 Å². The topological polar surface area (TPSA) is 78.7 Å². The van der Waals surface area contributed by atoms with E-state index in [1.165, 1.54) is 0 Å². The summed E-state index contributed by atoms with van der Waals surface area (Å²) in [6.07, 6.45) is 1.63. The molecule has 2 N–H and O–H groups in total. The smallest absolute Gasteiger partial charge is 0.186 e. The van der Waals surface area contributed by atoms with Gasteiger partial charge in [-0.3, -0.25) is 5.43 Å². The van der Waals surface area contributed by atoms with Gasteiger partial charge in [-0.15, -0.1) is 0 Å². The van der Waals surface area contributed by atoms with Crippen LogP contribution >= 0.6 is 28.1 Å². The lowest BCUT2D eigenvalue weighted by Gasteiger charge is -2.14. The summed E-state index contributed by atoms with van der Waals surface area (Å²) < 4.78 is 12.1. The summed E-state index contributed by atoms with van der Waals surface area (Å²) in [6, 6.07) is 13.1. The first-order valence-corrected chi connectivity index (χ1v) is 9.34. The molecular weight excluding hydrogens is 428 g/mol. The van der Waals surface area contributed by atoms with Gasteiger partial charge in [0.05, 0.1) is 29.4 Å². The molecule has 0 unspecified atom stereocenters. The standard InChI is InChI=1S/C19H19BrN4O2S/c1-3-22-19(27)24-23-11-13-8-16(20)18(17(9-13)25-2)26-12-15-7-5-4-6-14(15)10-21/h4-9,11H,3,12H2,1-2H3,(H2,22,24,27)/b23-11-. The normalized spacial score (nSPS) is 10.3. The molecule has 27 heavy (non-hydrogen) atoms. The first kappa shape index (κ1) is 20.7. The van der Waals surface area contributed by atoms with Gasteiger partial charge in [0.25, 0.3) is 0 Å². The Labute approximate surface area is 172 Å². The van der Waals surface area contributed by atoms with E-state index in [0.29, 0.717) is 26.6 Å². The van der Waals surface area contributed by atoms with Gasteiger partial charge in [-0.1, -0.05) is 18.2 Å². The molecule has 0 saturated carbocycles. The molecule has 8 heteroatoms. The molecule has 0 aliphatic rings. The summed E-state index contributed by atoms with van der Waals surface area (Å²) in [5.41, 5.74) is 4.92. The number of nitrogens with zero attached hydrogens (tertiary/aromatic N) is 2. The molecule has 0 spiro atoms. The number of hydrazone groups is 1. The number of nitriles is 1. The molecule has 2 aromatic carbocycles. The molecule has 2 rings (SSSR count). The number of hydrogen-bond acceptors (Lipinski definition) is 5. The summed E-state index contributed by atoms with van der Waals surface area (Å²) in [5, 5.41) is 16.7. The molecule has 2 aromatic rings. The third-order valence-electron chi connectivity index (χ3n) is 3.48. The summed E-state index contributed by atoms with van der Waals surface area (Å²) in [7, 11) is 1.57. The van der Waals surface area contributed by atoms with E-state index in [1.807, 2.05) is 31.2 Å². The van der Waals surface area contributed by atoms with Crippen molar-refractivity contribution in [3.8, 4) is 17.6 Å². The Hall–Kier alpha value is -2.63. The SMILES string of the molecule is CCNC(=S)N/N=C\c1cc(Br)c(OCc2ccccc2C#N)c(OC)c1. The van der Waals surface area contributed by atoms with Crippen LogP contribution in [0.4, 0.5) is 0 Å². The number of halogens is 1. The van der Waals surface area contributed by atoms with E-state index in [0.717, 1.165) is 17.7 Å². The van der Waals surface area contributed by atoms with Crippen molar-refractivity contribution in [2.75, 3.05) is 13.7 Å². The lowest BCUT2D eigenvalue weighted by Crippen LogP contribution is -2.31. The van der Waals surface area contributed by atoms with Gasteiger partial charge in [0.1, 0.15) is 6.61 Å². The highest BCUT2D eigenvalue weighted by atomic mass is 79.9. The van der Waals surface area contributed by atoms with Crippen LogP contribution in [0, 0.1) is 11.3 Å². The van der Waals surface area contributed by atoms with Gasteiger partial charge in [0, 0.05) is 12.1 Å². The van der Waals surface area contributed by atoms with E-state index in [4.69, 9.17) is 21.7 Å². The highest BCUT2D eigenvalue weighted by Crippen LogP contribution is 2.37. The first-order valence-electron chi connectivity index (χ1n) is 8.14. The number of benzene rings is 2. The van der Waals surface area contributed by atoms with Crippen LogP contribution in [-0.4, -0.2) is 25.0 Å². The summed E-state index contributed by atoms with van der Waals surface area (Å²) in [6.45, 7) is 2.93. The van der Waals surface area contributed by atoms with E-state index >= 15 is 0 Å². The van der Waals surface area contributed by atoms with E-state index in [1.54, 1.807) is 25.5 Å². The minimum absolute atomic E-state index is 0.255. The zero-order chi connectivity index (χ0) is 19.6. The van der Waals surface area contributed by atoms with Gasteiger partial charge < -0.3 is 14.8 Å². The van der Waals surface area contributed by atoms with Gasteiger partial charge in [0.15, 0.2) is 16.6 Å². The molecule has 0 atom stereocenters. The van der Waals surface area contributed by atoms with Crippen molar-refractivity contribution < 1.29 is 9.47 Å². The molecule has 0 saturated heterocycles. The largest absolute Gasteiger partial charge is 0.493 e. The molecule has 0 aliphatic carbocycles. The first-order chi connectivity index (χ1) is 13.1. The quantitative estimate of drug-likeness (QED) is 0.383. The van der Waals surface area contributed by atoms with Gasteiger partial charge in [-0.05, 0) is 58.8 Å². The number of ether oxygens (including phenoxy) is 2. The Balaban J connectivity index is 2.15. The van der Waals surface area contributed by atoms with Crippen LogP contribution in [0.25, 0.3) is 0 Å². The summed E-state index contributed by atoms with van der Waals surface area (Å²) >= 11 is 8.56. The fraction of sp³-hybridized carbons (Fsp3) is 0.211. The minimum atomic E-state index is 0.255. The fourth-order valence-corrected chi connectivity index (χ4v) is 3.00. The maximum Gasteiger partial charge on any atom is 0.186 e. The van der Waals surface area contributed by atoms with Crippen LogP contribution < -0.4 is 20.2 Å². The van der Waals surface area contributed by atoms with Crippen molar-refractivity contribution in [1.82, 2.24) is 10.7 Å². The molecule has 0 bridgehead atoms. The highest BCUT2D eigenvalue weighted by molar-refractivity contribution is 9.10. The molecule has 0 fully saturated rings. The van der Waals surface area contributed by atoms with Crippen LogP contribution in [0.3, 0.4) is 0 Å². The third-order valence-corrected chi connectivity index (χ3v) is 4.30. The average Bonchev–Trinajstić information content (AvgIpc) is 2.67. The lowest BCUT2D eigenvalue weighted by atomic mass is 10.1. The maximum absolute atomic E-state index is 9.19. The molecule has 0 amide bonds. The van der Waals surface area contributed by atoms with Gasteiger partial charge in [-0.25, -0.2) is 0 Å². The zero-order valence-electron chi connectivity index (χ0n) is 15.0. The predicted molar refractivity (Wildman–Crippen MR) is 113 cm³/mol. The molecule has 6 nitrogen and oxygen atoms in total. The van der Waals surface area contributed by atoms with E-state index in [-0.39, 0.29) is 6.61 Å². The van der Waals surface area contributed by atoms with E-state index < -0.39 is 0 Å². The monoisotopic (exact) mass is 446 g/mol. The maximum atomic E-state index is 9.19. The van der Waals surface area contributed by atoms with Crippen molar-refractivity contribution >= 4 is 39.5 Å². The van der Waals surface area contributed by atoms with Crippen molar-refractivity contribution in [1.29, 1.82) is 5.26 Å². The number of nitrogens with one attached hydrogen (secondary N) is 2. The van der Waals surface area contributed by atoms with Crippen LogP contribution in [0.5, 0.6) is 11.5 Å². The molecule has 140 valence electrons. The van der Waals surface area contributed by atoms with Crippen molar-refractivity contribution in [2.45, 2.75) is 13.5 Å². The minimum Gasteiger partial charge on any atom is -0.493 e. The Kier molecular flexibility index (Phi) is 8.04. The summed E-state index contributed by atoms with van der Waals surface area (Å²) in [4.78, 5) is 0. The highest BCUT2D eigenvalue weighted by Gasteiger charge is 2.12. The number of thiocarbonyl (C=S) groups is 1. The molecule has 0 aliphatic heterocycles. The Morgan fingerprint density at radius 1 is 1.37 bits per heavy atom. The lowest BCUT2D eigenvalue weighted by molar-refractivity contribution is 0.282. The number of hydrogen-bond donors (Lipinski definition) is 2. The second-order valence-electron chi connectivity index (χ2n) is 5.32. The van der Waals surface area contributed by atoms with Gasteiger partial charge in [0.2, 0.25) is 0 Å². The second-order valence-corrected chi connectivity index (χ2v) is 6.58. The van der Waals surface area contributed by atoms with Crippen molar-refractivity contribution in [3.05, 3.63) is 57.6 Å². The van der Waals surface area contributed by atoms with Gasteiger partial charge in [-0.2, -0.15) is 10.4 Å². The van der Waals surface area contributed by atoms with Crippen molar-refractivity contribution in [2.24, 2.45) is 5.10 Å². The third kappa shape index (κ3) is 5.94. The van der Waals surface area contributed by atoms with Gasteiger partial charge >= 0.3 is 0 Å². The van der Waals surface area contributed by atoms with E-state index in [2.05, 4.69) is 37.8 Å². The molecular formula is C19H19BrN4O2S. The number of rotatable bonds is 7. The Morgan fingerprint density at radius 3 is 2.85 bits per heavy atom. The predicted octanol–water partition coefficient (Wildman–Crippen LogP) is 3.73. The van der Waals surface area contributed by atoms with Crippen LogP contribution in [0.1, 0.15) is 23.6 Å². The molecule has 0 radical (unpaired) electrons. The molecule has 0 heterocycles. The summed E-state index contributed by atoms with van der Waals surface area (Å²) in [5.74, 6) is 1.10. The number of methoxy groups -OCH3 is 1. The van der Waals surface area contributed by atoms with Crippen LogP contribution in [-0.2, 0) is 6.61 Å². The second kappa shape index (κ2) is 10.5.